The zero-order valence-corrected chi connectivity index (χ0v) is 12.5. The number of benzene rings is 2. The van der Waals surface area contributed by atoms with Gasteiger partial charge in [-0.2, -0.15) is 0 Å². The molecule has 0 aliphatic heterocycles. The van der Waals surface area contributed by atoms with Crippen molar-refractivity contribution in [2.24, 2.45) is 0 Å². The van der Waals surface area contributed by atoms with Crippen molar-refractivity contribution in [1.82, 2.24) is 5.43 Å². The van der Waals surface area contributed by atoms with Gasteiger partial charge in [0, 0.05) is 12.5 Å². The molecule has 0 saturated carbocycles. The number of hydrazine groups is 1. The Morgan fingerprint density at radius 2 is 1.61 bits per heavy atom. The van der Waals surface area contributed by atoms with E-state index in [4.69, 9.17) is 4.74 Å². The second-order valence-electron chi connectivity index (χ2n) is 4.72. The second-order valence-corrected chi connectivity index (χ2v) is 4.72. The van der Waals surface area contributed by atoms with E-state index >= 15 is 0 Å². The molecule has 0 fully saturated rings. The molecule has 0 bridgehead atoms. The van der Waals surface area contributed by atoms with Crippen LogP contribution in [0.15, 0.2) is 54.6 Å². The van der Waals surface area contributed by atoms with Gasteiger partial charge in [-0.3, -0.25) is 20.4 Å². The van der Waals surface area contributed by atoms with Gasteiger partial charge in [0.2, 0.25) is 5.91 Å². The van der Waals surface area contributed by atoms with Crippen molar-refractivity contribution in [3.05, 3.63) is 65.7 Å². The van der Waals surface area contributed by atoms with Gasteiger partial charge in [0.15, 0.2) is 12.4 Å². The number of hydrogen-bond acceptors (Lipinski definition) is 5. The van der Waals surface area contributed by atoms with Crippen LogP contribution in [0, 0.1) is 0 Å². The second kappa shape index (κ2) is 7.74. The van der Waals surface area contributed by atoms with Crippen LogP contribution in [-0.4, -0.2) is 24.3 Å². The van der Waals surface area contributed by atoms with Gasteiger partial charge in [0.25, 0.3) is 0 Å². The van der Waals surface area contributed by atoms with Crippen LogP contribution in [-0.2, 0) is 9.53 Å². The summed E-state index contributed by atoms with van der Waals surface area (Å²) in [6.07, 6.45) is 0. The fraction of sp³-hybridized carbons (Fsp3) is 0.118. The number of para-hydroxylation sites is 1. The van der Waals surface area contributed by atoms with E-state index < -0.39 is 5.97 Å². The highest BCUT2D eigenvalue weighted by atomic mass is 16.5. The van der Waals surface area contributed by atoms with Gasteiger partial charge < -0.3 is 4.74 Å². The van der Waals surface area contributed by atoms with E-state index in [1.54, 1.807) is 54.6 Å². The molecule has 6 nitrogen and oxygen atoms in total. The normalized spacial score (nSPS) is 9.78. The molecule has 0 aliphatic rings. The maximum atomic E-state index is 12.1. The molecule has 23 heavy (non-hydrogen) atoms. The number of carbonyl (C=O) groups excluding carboxylic acids is 3. The molecule has 2 aromatic carbocycles. The van der Waals surface area contributed by atoms with Crippen LogP contribution in [0.2, 0.25) is 0 Å². The minimum atomic E-state index is -0.650. The Kier molecular flexibility index (Phi) is 5.46. The maximum absolute atomic E-state index is 12.1. The molecular weight excluding hydrogens is 296 g/mol. The van der Waals surface area contributed by atoms with Crippen molar-refractivity contribution in [1.29, 1.82) is 0 Å². The lowest BCUT2D eigenvalue weighted by atomic mass is 10.1. The van der Waals surface area contributed by atoms with Crippen LogP contribution >= 0.6 is 0 Å². The van der Waals surface area contributed by atoms with Gasteiger partial charge in [-0.25, -0.2) is 4.79 Å². The maximum Gasteiger partial charge on any atom is 0.340 e. The minimum Gasteiger partial charge on any atom is -0.454 e. The van der Waals surface area contributed by atoms with Crippen molar-refractivity contribution in [2.45, 2.75) is 6.92 Å². The summed E-state index contributed by atoms with van der Waals surface area (Å²) >= 11 is 0. The first kappa shape index (κ1) is 16.2. The fourth-order valence-electron chi connectivity index (χ4n) is 1.84. The predicted octanol–water partition coefficient (Wildman–Crippen LogP) is 2.19. The summed E-state index contributed by atoms with van der Waals surface area (Å²) in [5.74, 6) is -1.23. The Bertz CT molecular complexity index is 714. The summed E-state index contributed by atoms with van der Waals surface area (Å²) in [6.45, 7) is 0.990. The lowest BCUT2D eigenvalue weighted by Gasteiger charge is -2.11. The number of ether oxygens (including phenoxy) is 1. The average molecular weight is 312 g/mol. The van der Waals surface area contributed by atoms with E-state index in [-0.39, 0.29) is 23.9 Å². The summed E-state index contributed by atoms with van der Waals surface area (Å²) in [7, 11) is 0. The number of amides is 1. The number of carbonyl (C=O) groups is 3. The van der Waals surface area contributed by atoms with Gasteiger partial charge in [-0.15, -0.1) is 0 Å². The number of anilines is 1. The molecule has 1 amide bonds. The summed E-state index contributed by atoms with van der Waals surface area (Å²) in [4.78, 5) is 35.0. The lowest BCUT2D eigenvalue weighted by Crippen LogP contribution is -2.28. The zero-order chi connectivity index (χ0) is 16.7. The van der Waals surface area contributed by atoms with Gasteiger partial charge >= 0.3 is 5.97 Å². The number of rotatable bonds is 6. The standard InChI is InChI=1S/C17H16N2O4/c1-12(20)18-19-15-10-6-5-9-14(15)17(22)23-11-16(21)13-7-3-2-4-8-13/h2-10,19H,11H2,1H3,(H,18,20). The van der Waals surface area contributed by atoms with Crippen LogP contribution in [0.1, 0.15) is 27.6 Å². The van der Waals surface area contributed by atoms with Crippen LogP contribution in [0.5, 0.6) is 0 Å². The number of ketones is 1. The van der Waals surface area contributed by atoms with E-state index in [0.717, 1.165) is 0 Å². The summed E-state index contributed by atoms with van der Waals surface area (Å²) < 4.78 is 5.05. The molecule has 2 N–H and O–H groups in total. The van der Waals surface area contributed by atoms with Gasteiger partial charge in [-0.05, 0) is 12.1 Å². The van der Waals surface area contributed by atoms with Crippen molar-refractivity contribution in [3.8, 4) is 0 Å². The monoisotopic (exact) mass is 312 g/mol. The zero-order valence-electron chi connectivity index (χ0n) is 12.5. The SMILES string of the molecule is CC(=O)NNc1ccccc1C(=O)OCC(=O)c1ccccc1. The smallest absolute Gasteiger partial charge is 0.340 e. The Balaban J connectivity index is 2.01. The molecule has 2 aromatic rings. The molecule has 0 heterocycles. The largest absolute Gasteiger partial charge is 0.454 e. The van der Waals surface area contributed by atoms with Gasteiger partial charge in [-0.1, -0.05) is 42.5 Å². The molecule has 118 valence electrons. The number of hydrogen-bond donors (Lipinski definition) is 2. The fourth-order valence-corrected chi connectivity index (χ4v) is 1.84. The molecule has 0 aromatic heterocycles. The van der Waals surface area contributed by atoms with Crippen LogP contribution in [0.3, 0.4) is 0 Å². The third kappa shape index (κ3) is 4.67. The highest BCUT2D eigenvalue weighted by molar-refractivity contribution is 6.00. The molecule has 0 saturated heterocycles. The Morgan fingerprint density at radius 3 is 2.30 bits per heavy atom. The van der Waals surface area contributed by atoms with E-state index in [9.17, 15) is 14.4 Å². The molecule has 6 heteroatoms. The Morgan fingerprint density at radius 1 is 0.957 bits per heavy atom. The van der Waals surface area contributed by atoms with E-state index in [1.807, 2.05) is 0 Å². The van der Waals surface area contributed by atoms with E-state index in [1.165, 1.54) is 6.92 Å². The first-order valence-corrected chi connectivity index (χ1v) is 6.95. The lowest BCUT2D eigenvalue weighted by molar-refractivity contribution is -0.118. The first-order chi connectivity index (χ1) is 11.1. The third-order valence-corrected chi connectivity index (χ3v) is 2.95. The van der Waals surface area contributed by atoms with Crippen LogP contribution < -0.4 is 10.9 Å². The van der Waals surface area contributed by atoms with E-state index in [0.29, 0.717) is 11.3 Å². The van der Waals surface area contributed by atoms with Crippen LogP contribution in [0.4, 0.5) is 5.69 Å². The first-order valence-electron chi connectivity index (χ1n) is 6.95. The highest BCUT2D eigenvalue weighted by Gasteiger charge is 2.15. The number of esters is 1. The van der Waals surface area contributed by atoms with Gasteiger partial charge in [0.1, 0.15) is 0 Å². The molecule has 2 rings (SSSR count). The van der Waals surface area contributed by atoms with Crippen molar-refractivity contribution < 1.29 is 19.1 Å². The predicted molar refractivity (Wildman–Crippen MR) is 84.9 cm³/mol. The average Bonchev–Trinajstić information content (AvgIpc) is 2.58. The molecule has 0 spiro atoms. The topological polar surface area (TPSA) is 84.5 Å². The Hall–Kier alpha value is -3.15. The molecule has 0 radical (unpaired) electrons. The minimum absolute atomic E-state index is 0.224. The van der Waals surface area contributed by atoms with Crippen LogP contribution in [0.25, 0.3) is 0 Å². The molecule has 0 aliphatic carbocycles. The van der Waals surface area contributed by atoms with Gasteiger partial charge in [0.05, 0.1) is 11.3 Å². The quantitative estimate of drug-likeness (QED) is 0.485. The molecular formula is C17H16N2O4. The summed E-state index contributed by atoms with van der Waals surface area (Å²) in [6, 6.07) is 15.1. The van der Waals surface area contributed by atoms with Crippen molar-refractivity contribution >= 4 is 23.3 Å². The third-order valence-electron chi connectivity index (χ3n) is 2.95. The number of Topliss-reactive ketones (excluding diaryl/α,β-unsaturated/α-hetero) is 1. The van der Waals surface area contributed by atoms with Crippen molar-refractivity contribution in [3.63, 3.8) is 0 Å². The highest BCUT2D eigenvalue weighted by Crippen LogP contribution is 2.15. The molecule has 0 atom stereocenters. The van der Waals surface area contributed by atoms with E-state index in [2.05, 4.69) is 10.9 Å². The summed E-state index contributed by atoms with van der Waals surface area (Å²) in [5.41, 5.74) is 6.10. The Labute approximate surface area is 133 Å². The number of nitrogens with one attached hydrogen (secondary N) is 2. The summed E-state index contributed by atoms with van der Waals surface area (Å²) in [5, 5.41) is 0. The molecule has 0 unspecified atom stereocenters. The van der Waals surface area contributed by atoms with Crippen molar-refractivity contribution in [2.75, 3.05) is 12.0 Å².